The van der Waals surface area contributed by atoms with Gasteiger partial charge < -0.3 is 19.5 Å². The van der Waals surface area contributed by atoms with E-state index < -0.39 is 23.6 Å². The number of carbonyl (C=O) groups is 2. The van der Waals surface area contributed by atoms with Gasteiger partial charge in [0.1, 0.15) is 0 Å². The Bertz CT molecular complexity index is 1590. The van der Waals surface area contributed by atoms with E-state index in [1.54, 1.807) is 54.6 Å². The number of alkyl halides is 3. The molecule has 0 aliphatic heterocycles. The number of halogens is 3. The lowest BCUT2D eigenvalue weighted by Crippen LogP contribution is -2.25. The zero-order valence-electron chi connectivity index (χ0n) is 20.2. The van der Waals surface area contributed by atoms with E-state index in [4.69, 9.17) is 8.83 Å². The van der Waals surface area contributed by atoms with E-state index in [1.807, 2.05) is 6.07 Å². The molecule has 0 unspecified atom stereocenters. The molecule has 0 saturated heterocycles. The van der Waals surface area contributed by atoms with Crippen molar-refractivity contribution in [1.82, 2.24) is 10.3 Å². The molecule has 2 aromatic heterocycles. The van der Waals surface area contributed by atoms with Crippen LogP contribution in [0, 0.1) is 0 Å². The molecule has 7 nitrogen and oxygen atoms in total. The number of nitrogens with zero attached hydrogens (tertiary/aromatic N) is 1. The van der Waals surface area contributed by atoms with E-state index in [-0.39, 0.29) is 35.2 Å². The Balaban J connectivity index is 1.42. The van der Waals surface area contributed by atoms with Gasteiger partial charge in [0.2, 0.25) is 5.89 Å². The van der Waals surface area contributed by atoms with Crippen LogP contribution in [-0.2, 0) is 12.7 Å². The van der Waals surface area contributed by atoms with Crippen molar-refractivity contribution in [3.63, 3.8) is 0 Å². The molecule has 196 valence electrons. The lowest BCUT2D eigenvalue weighted by molar-refractivity contribution is -0.138. The minimum Gasteiger partial charge on any atom is -0.459 e. The van der Waals surface area contributed by atoms with Gasteiger partial charge >= 0.3 is 6.18 Å². The van der Waals surface area contributed by atoms with Crippen LogP contribution in [0.3, 0.4) is 0 Å². The van der Waals surface area contributed by atoms with Crippen molar-refractivity contribution in [2.45, 2.75) is 12.7 Å². The summed E-state index contributed by atoms with van der Waals surface area (Å²) >= 11 is 0. The van der Waals surface area contributed by atoms with Crippen molar-refractivity contribution in [1.29, 1.82) is 0 Å². The molecule has 0 atom stereocenters. The second-order valence-corrected chi connectivity index (χ2v) is 8.41. The van der Waals surface area contributed by atoms with Crippen molar-refractivity contribution in [3.05, 3.63) is 120 Å². The highest BCUT2D eigenvalue weighted by atomic mass is 19.4. The Morgan fingerprint density at radius 1 is 0.795 bits per heavy atom. The monoisotopic (exact) mass is 531 g/mol. The van der Waals surface area contributed by atoms with E-state index in [0.717, 1.165) is 6.07 Å². The molecular formula is C29H20F3N3O4. The topological polar surface area (TPSA) is 97.4 Å². The predicted octanol–water partition coefficient (Wildman–Crippen LogP) is 6.80. The molecule has 0 aliphatic rings. The summed E-state index contributed by atoms with van der Waals surface area (Å²) in [4.78, 5) is 29.8. The fourth-order valence-corrected chi connectivity index (χ4v) is 3.89. The molecule has 2 heterocycles. The number of rotatable bonds is 7. The Labute approximate surface area is 220 Å². The minimum absolute atomic E-state index is 0.0803. The van der Waals surface area contributed by atoms with Gasteiger partial charge in [-0.3, -0.25) is 9.59 Å². The van der Waals surface area contributed by atoms with Crippen molar-refractivity contribution in [2.75, 3.05) is 5.32 Å². The van der Waals surface area contributed by atoms with Crippen LogP contribution < -0.4 is 10.6 Å². The maximum Gasteiger partial charge on any atom is 0.416 e. The van der Waals surface area contributed by atoms with Crippen LogP contribution in [0.1, 0.15) is 32.2 Å². The molecule has 0 bridgehead atoms. The number of aromatic nitrogens is 1. The van der Waals surface area contributed by atoms with Crippen LogP contribution in [0.25, 0.3) is 22.8 Å². The number of benzene rings is 3. The van der Waals surface area contributed by atoms with E-state index in [0.29, 0.717) is 16.8 Å². The Morgan fingerprint density at radius 3 is 2.21 bits per heavy atom. The van der Waals surface area contributed by atoms with E-state index in [2.05, 4.69) is 15.6 Å². The van der Waals surface area contributed by atoms with Crippen molar-refractivity contribution in [3.8, 4) is 22.8 Å². The van der Waals surface area contributed by atoms with E-state index in [9.17, 15) is 22.8 Å². The summed E-state index contributed by atoms with van der Waals surface area (Å²) in [6, 6.07) is 23.5. The smallest absolute Gasteiger partial charge is 0.416 e. The standard InChI is InChI=1S/C29H20F3N3O4/c30-29(31,32)22-10-5-4-9-20(22)17-33-27(37)24-25(39-28(35-24)19-7-2-1-3-8-19)18-12-14-21(15-13-18)34-26(36)23-11-6-16-38-23/h1-16H,17H2,(H,33,37)(H,34,36). The molecular weight excluding hydrogens is 511 g/mol. The first kappa shape index (κ1) is 25.5. The second-order valence-electron chi connectivity index (χ2n) is 8.41. The fraction of sp³-hybridized carbons (Fsp3) is 0.0690. The minimum atomic E-state index is -4.56. The summed E-state index contributed by atoms with van der Waals surface area (Å²) in [5, 5.41) is 5.22. The third kappa shape index (κ3) is 5.74. The second kappa shape index (κ2) is 10.7. The van der Waals surface area contributed by atoms with Crippen LogP contribution in [0.5, 0.6) is 0 Å². The molecule has 0 fully saturated rings. The molecule has 0 radical (unpaired) electrons. The average molecular weight is 531 g/mol. The average Bonchev–Trinajstić information content (AvgIpc) is 3.64. The van der Waals surface area contributed by atoms with Crippen molar-refractivity contribution in [2.24, 2.45) is 0 Å². The maximum absolute atomic E-state index is 13.4. The SMILES string of the molecule is O=C(Nc1ccc(-c2oc(-c3ccccc3)nc2C(=O)NCc2ccccc2C(F)(F)F)cc1)c1ccco1. The summed E-state index contributed by atoms with van der Waals surface area (Å²) in [7, 11) is 0. The first-order chi connectivity index (χ1) is 18.8. The number of carbonyl (C=O) groups excluding carboxylic acids is 2. The molecule has 0 aliphatic carbocycles. The summed E-state index contributed by atoms with van der Waals surface area (Å²) in [6.07, 6.45) is -3.17. The highest BCUT2D eigenvalue weighted by molar-refractivity contribution is 6.02. The number of oxazole rings is 1. The van der Waals surface area contributed by atoms with E-state index >= 15 is 0 Å². The van der Waals surface area contributed by atoms with Crippen LogP contribution in [-0.4, -0.2) is 16.8 Å². The highest BCUT2D eigenvalue weighted by Gasteiger charge is 2.33. The Kier molecular flexibility index (Phi) is 7.00. The van der Waals surface area contributed by atoms with Crippen LogP contribution in [0.4, 0.5) is 18.9 Å². The summed E-state index contributed by atoms with van der Waals surface area (Å²) in [5.41, 5.74) is 0.554. The fourth-order valence-electron chi connectivity index (χ4n) is 3.89. The van der Waals surface area contributed by atoms with Gasteiger partial charge in [-0.1, -0.05) is 36.4 Å². The highest BCUT2D eigenvalue weighted by Crippen LogP contribution is 2.33. The van der Waals surface area contributed by atoms with Crippen LogP contribution >= 0.6 is 0 Å². The zero-order valence-corrected chi connectivity index (χ0v) is 20.2. The molecule has 2 amide bonds. The van der Waals surface area contributed by atoms with Crippen LogP contribution in [0.2, 0.25) is 0 Å². The van der Waals surface area contributed by atoms with Crippen LogP contribution in [0.15, 0.2) is 106 Å². The first-order valence-corrected chi connectivity index (χ1v) is 11.7. The molecule has 2 N–H and O–H groups in total. The van der Waals surface area contributed by atoms with Gasteiger partial charge in [0, 0.05) is 23.4 Å². The largest absolute Gasteiger partial charge is 0.459 e. The van der Waals surface area contributed by atoms with Crippen molar-refractivity contribution < 1.29 is 31.6 Å². The number of hydrogen-bond acceptors (Lipinski definition) is 5. The Morgan fingerprint density at radius 2 is 1.51 bits per heavy atom. The van der Waals surface area contributed by atoms with Gasteiger partial charge in [-0.05, 0) is 60.2 Å². The molecule has 10 heteroatoms. The summed E-state index contributed by atoms with van der Waals surface area (Å²) in [5.74, 6) is -0.699. The molecule has 39 heavy (non-hydrogen) atoms. The Hall–Kier alpha value is -5.12. The van der Waals surface area contributed by atoms with Gasteiger partial charge in [0.15, 0.2) is 17.2 Å². The molecule has 0 saturated carbocycles. The maximum atomic E-state index is 13.4. The number of anilines is 1. The molecule has 3 aromatic carbocycles. The lowest BCUT2D eigenvalue weighted by Gasteiger charge is -2.13. The predicted molar refractivity (Wildman–Crippen MR) is 137 cm³/mol. The zero-order chi connectivity index (χ0) is 27.4. The lowest BCUT2D eigenvalue weighted by atomic mass is 10.1. The van der Waals surface area contributed by atoms with Gasteiger partial charge in [-0.25, -0.2) is 4.98 Å². The number of furan rings is 1. The number of nitrogens with one attached hydrogen (secondary N) is 2. The first-order valence-electron chi connectivity index (χ1n) is 11.7. The molecule has 5 aromatic rings. The van der Waals surface area contributed by atoms with Gasteiger partial charge in [-0.15, -0.1) is 0 Å². The molecule has 0 spiro atoms. The van der Waals surface area contributed by atoms with Crippen molar-refractivity contribution >= 4 is 17.5 Å². The normalized spacial score (nSPS) is 11.3. The summed E-state index contributed by atoms with van der Waals surface area (Å²) in [6.45, 7) is -0.362. The summed E-state index contributed by atoms with van der Waals surface area (Å²) < 4.78 is 51.2. The van der Waals surface area contributed by atoms with E-state index in [1.165, 1.54) is 30.5 Å². The van der Waals surface area contributed by atoms with Gasteiger partial charge in [0.05, 0.1) is 11.8 Å². The van der Waals surface area contributed by atoms with Gasteiger partial charge in [-0.2, -0.15) is 13.2 Å². The molecule has 5 rings (SSSR count). The van der Waals surface area contributed by atoms with Gasteiger partial charge in [0.25, 0.3) is 11.8 Å². The quantitative estimate of drug-likeness (QED) is 0.241. The third-order valence-electron chi connectivity index (χ3n) is 5.78. The number of hydrogen-bond donors (Lipinski definition) is 2. The number of amides is 2. The third-order valence-corrected chi connectivity index (χ3v) is 5.78.